The topological polar surface area (TPSA) is 40.5 Å². The van der Waals surface area contributed by atoms with Gasteiger partial charge in [-0.25, -0.2) is 13.8 Å². The van der Waals surface area contributed by atoms with Crippen molar-refractivity contribution in [3.8, 4) is 5.75 Å². The van der Waals surface area contributed by atoms with Crippen LogP contribution in [0.3, 0.4) is 0 Å². The summed E-state index contributed by atoms with van der Waals surface area (Å²) in [7, 11) is 0. The molecule has 0 radical (unpaired) electrons. The highest BCUT2D eigenvalue weighted by Crippen LogP contribution is 2.28. The number of aromatic nitrogens is 1. The van der Waals surface area contributed by atoms with Gasteiger partial charge in [-0.05, 0) is 45.9 Å². The van der Waals surface area contributed by atoms with E-state index in [1.165, 1.54) is 4.57 Å². The lowest BCUT2D eigenvalue weighted by Crippen LogP contribution is -2.19. The largest absolute Gasteiger partial charge is 0.494 e. The van der Waals surface area contributed by atoms with Crippen molar-refractivity contribution in [3.63, 3.8) is 0 Å². The van der Waals surface area contributed by atoms with Gasteiger partial charge in [0.1, 0.15) is 5.75 Å². The van der Waals surface area contributed by atoms with E-state index in [1.54, 1.807) is 39.0 Å². The van der Waals surface area contributed by atoms with Crippen molar-refractivity contribution in [1.82, 2.24) is 4.57 Å². The predicted molar refractivity (Wildman–Crippen MR) is 74.8 cm³/mol. The van der Waals surface area contributed by atoms with Crippen molar-refractivity contribution >= 4 is 17.0 Å². The summed E-state index contributed by atoms with van der Waals surface area (Å²) in [5.41, 5.74) is 0.716. The lowest BCUT2D eigenvalue weighted by atomic mass is 10.2. The number of hydrogen-bond acceptors (Lipinski definition) is 3. The average Bonchev–Trinajstić information content (AvgIpc) is 2.62. The van der Waals surface area contributed by atoms with Crippen LogP contribution in [0.5, 0.6) is 5.75 Å². The fraction of sp³-hybridized carbons (Fsp3) is 0.400. The number of benzene rings is 1. The molecule has 0 atom stereocenters. The monoisotopic (exact) mass is 279 g/mol. The highest BCUT2D eigenvalue weighted by atomic mass is 19.1. The van der Waals surface area contributed by atoms with E-state index in [4.69, 9.17) is 9.47 Å². The molecule has 0 spiro atoms. The van der Waals surface area contributed by atoms with Crippen molar-refractivity contribution in [2.24, 2.45) is 0 Å². The van der Waals surface area contributed by atoms with E-state index in [-0.39, 0.29) is 11.8 Å². The summed E-state index contributed by atoms with van der Waals surface area (Å²) in [6.07, 6.45) is -0.833. The SMILES string of the molecule is CCOc1ccc2c(c1)c(F)c(C)n2C(=O)OC(C)C. The molecule has 1 aromatic carbocycles. The van der Waals surface area contributed by atoms with Crippen molar-refractivity contribution in [2.45, 2.75) is 33.8 Å². The van der Waals surface area contributed by atoms with Gasteiger partial charge in [0.05, 0.1) is 23.9 Å². The summed E-state index contributed by atoms with van der Waals surface area (Å²) in [4.78, 5) is 12.1. The second kappa shape index (κ2) is 5.53. The second-order valence-electron chi connectivity index (χ2n) is 4.78. The Morgan fingerprint density at radius 2 is 2.10 bits per heavy atom. The summed E-state index contributed by atoms with van der Waals surface area (Å²) >= 11 is 0. The molecule has 0 aliphatic heterocycles. The van der Waals surface area contributed by atoms with Gasteiger partial charge >= 0.3 is 6.09 Å². The number of ether oxygens (including phenoxy) is 2. The van der Waals surface area contributed by atoms with E-state index >= 15 is 0 Å². The lowest BCUT2D eigenvalue weighted by molar-refractivity contribution is 0.117. The van der Waals surface area contributed by atoms with Crippen LogP contribution in [0.4, 0.5) is 9.18 Å². The first-order valence-corrected chi connectivity index (χ1v) is 6.60. The van der Waals surface area contributed by atoms with Crippen molar-refractivity contribution in [2.75, 3.05) is 6.61 Å². The minimum Gasteiger partial charge on any atom is -0.494 e. The molecule has 108 valence electrons. The van der Waals surface area contributed by atoms with Crippen LogP contribution in [0.1, 0.15) is 26.5 Å². The summed E-state index contributed by atoms with van der Waals surface area (Å²) in [5.74, 6) is 0.149. The van der Waals surface area contributed by atoms with Gasteiger partial charge < -0.3 is 9.47 Å². The molecule has 0 fully saturated rings. The minimum atomic E-state index is -0.574. The number of halogens is 1. The Hall–Kier alpha value is -2.04. The smallest absolute Gasteiger partial charge is 0.419 e. The Morgan fingerprint density at radius 1 is 1.40 bits per heavy atom. The van der Waals surface area contributed by atoms with Crippen LogP contribution in [0.25, 0.3) is 10.9 Å². The van der Waals surface area contributed by atoms with Crippen LogP contribution >= 0.6 is 0 Å². The molecule has 1 aromatic heterocycles. The van der Waals surface area contributed by atoms with E-state index in [0.29, 0.717) is 23.3 Å². The summed E-state index contributed by atoms with van der Waals surface area (Å²) in [6, 6.07) is 4.97. The van der Waals surface area contributed by atoms with Gasteiger partial charge in [0.15, 0.2) is 5.82 Å². The molecule has 0 N–H and O–H groups in total. The summed E-state index contributed by atoms with van der Waals surface area (Å²) in [6.45, 7) is 7.42. The van der Waals surface area contributed by atoms with E-state index in [1.807, 2.05) is 6.92 Å². The third-order valence-electron chi connectivity index (χ3n) is 2.93. The highest BCUT2D eigenvalue weighted by Gasteiger charge is 2.20. The fourth-order valence-electron chi connectivity index (χ4n) is 2.11. The zero-order chi connectivity index (χ0) is 14.9. The maximum atomic E-state index is 14.3. The average molecular weight is 279 g/mol. The first-order chi connectivity index (χ1) is 9.45. The number of nitrogens with zero attached hydrogens (tertiary/aromatic N) is 1. The van der Waals surface area contributed by atoms with E-state index in [2.05, 4.69) is 0 Å². The number of carbonyl (C=O) groups excluding carboxylic acids is 1. The highest BCUT2D eigenvalue weighted by molar-refractivity contribution is 5.92. The fourth-order valence-corrected chi connectivity index (χ4v) is 2.11. The number of carbonyl (C=O) groups is 1. The number of fused-ring (bicyclic) bond motifs is 1. The number of rotatable bonds is 3. The lowest BCUT2D eigenvalue weighted by Gasteiger charge is -2.10. The molecular weight excluding hydrogens is 261 g/mol. The zero-order valence-corrected chi connectivity index (χ0v) is 12.1. The third kappa shape index (κ3) is 2.48. The zero-order valence-electron chi connectivity index (χ0n) is 12.1. The Balaban J connectivity index is 2.56. The van der Waals surface area contributed by atoms with E-state index in [9.17, 15) is 9.18 Å². The predicted octanol–water partition coefficient (Wildman–Crippen LogP) is 3.88. The molecule has 0 saturated carbocycles. The molecule has 5 heteroatoms. The van der Waals surface area contributed by atoms with Crippen LogP contribution in [-0.4, -0.2) is 23.4 Å². The maximum Gasteiger partial charge on any atom is 0.419 e. The van der Waals surface area contributed by atoms with Gasteiger partial charge in [-0.2, -0.15) is 0 Å². The molecule has 1 heterocycles. The van der Waals surface area contributed by atoms with Crippen molar-refractivity contribution < 1.29 is 18.7 Å². The molecule has 0 amide bonds. The third-order valence-corrected chi connectivity index (χ3v) is 2.93. The Labute approximate surface area is 117 Å². The number of hydrogen-bond donors (Lipinski definition) is 0. The van der Waals surface area contributed by atoms with Gasteiger partial charge in [-0.1, -0.05) is 0 Å². The second-order valence-corrected chi connectivity index (χ2v) is 4.78. The van der Waals surface area contributed by atoms with Crippen LogP contribution in [0.2, 0.25) is 0 Å². The molecule has 0 aliphatic rings. The van der Waals surface area contributed by atoms with Crippen LogP contribution in [0, 0.1) is 12.7 Å². The van der Waals surface area contributed by atoms with Gasteiger partial charge in [0.25, 0.3) is 0 Å². The maximum absolute atomic E-state index is 14.3. The normalized spacial score (nSPS) is 11.1. The molecule has 2 aromatic rings. The Morgan fingerprint density at radius 3 is 2.70 bits per heavy atom. The van der Waals surface area contributed by atoms with Crippen LogP contribution in [0.15, 0.2) is 18.2 Å². The summed E-state index contributed by atoms with van der Waals surface area (Å²) < 4.78 is 26.0. The van der Waals surface area contributed by atoms with Crippen molar-refractivity contribution in [1.29, 1.82) is 0 Å². The Bertz CT molecular complexity index is 646. The molecule has 4 nitrogen and oxygen atoms in total. The van der Waals surface area contributed by atoms with Gasteiger partial charge in [0, 0.05) is 5.39 Å². The summed E-state index contributed by atoms with van der Waals surface area (Å²) in [5, 5.41) is 0.356. The Kier molecular flexibility index (Phi) is 3.97. The van der Waals surface area contributed by atoms with Crippen LogP contribution in [-0.2, 0) is 4.74 Å². The molecule has 0 unspecified atom stereocenters. The molecule has 0 aliphatic carbocycles. The van der Waals surface area contributed by atoms with Crippen LogP contribution < -0.4 is 4.74 Å². The van der Waals surface area contributed by atoms with E-state index in [0.717, 1.165) is 0 Å². The van der Waals surface area contributed by atoms with Crippen molar-refractivity contribution in [3.05, 3.63) is 29.7 Å². The minimum absolute atomic E-state index is 0.235. The van der Waals surface area contributed by atoms with E-state index < -0.39 is 11.9 Å². The van der Waals surface area contributed by atoms with Gasteiger partial charge in [-0.15, -0.1) is 0 Å². The standard InChI is InChI=1S/C15H18FNO3/c1-5-19-11-6-7-13-12(8-11)14(16)10(4)17(13)15(18)20-9(2)3/h6-9H,5H2,1-4H3. The molecule has 20 heavy (non-hydrogen) atoms. The quantitative estimate of drug-likeness (QED) is 0.856. The molecule has 0 saturated heterocycles. The molecule has 2 rings (SSSR count). The first-order valence-electron chi connectivity index (χ1n) is 6.60. The van der Waals surface area contributed by atoms with Gasteiger partial charge in [-0.3, -0.25) is 0 Å². The first kappa shape index (κ1) is 14.4. The van der Waals surface area contributed by atoms with Gasteiger partial charge in [0.2, 0.25) is 0 Å². The molecular formula is C15H18FNO3. The molecule has 0 bridgehead atoms.